The Balaban J connectivity index is 2.16. The monoisotopic (exact) mass is 276 g/mol. The van der Waals surface area contributed by atoms with E-state index in [1.165, 1.54) is 0 Å². The number of carboxylic acids is 1. The Kier molecular flexibility index (Phi) is 4.27. The van der Waals surface area contributed by atoms with Gasteiger partial charge < -0.3 is 15.7 Å². The second-order valence-electron chi connectivity index (χ2n) is 5.25. The van der Waals surface area contributed by atoms with Crippen LogP contribution < -0.4 is 10.6 Å². The highest BCUT2D eigenvalue weighted by molar-refractivity contribution is 5.97. The van der Waals surface area contributed by atoms with Crippen molar-refractivity contribution in [2.24, 2.45) is 5.92 Å². The number of rotatable bonds is 4. The lowest BCUT2D eigenvalue weighted by molar-refractivity contribution is -0.141. The molecule has 1 aliphatic heterocycles. The van der Waals surface area contributed by atoms with Gasteiger partial charge in [0.2, 0.25) is 0 Å². The summed E-state index contributed by atoms with van der Waals surface area (Å²) in [6.07, 6.45) is 1.87. The molecule has 1 heterocycles. The van der Waals surface area contributed by atoms with Crippen molar-refractivity contribution < 1.29 is 14.7 Å². The van der Waals surface area contributed by atoms with Crippen LogP contribution in [-0.4, -0.2) is 29.6 Å². The van der Waals surface area contributed by atoms with Crippen LogP contribution in [0.4, 0.5) is 5.69 Å². The molecule has 1 aliphatic rings. The molecule has 0 saturated heterocycles. The predicted molar refractivity (Wildman–Crippen MR) is 77.0 cm³/mol. The van der Waals surface area contributed by atoms with Gasteiger partial charge in [0.25, 0.3) is 5.91 Å². The molecule has 3 N–H and O–H groups in total. The second-order valence-corrected chi connectivity index (χ2v) is 5.25. The highest BCUT2D eigenvalue weighted by Gasteiger charge is 2.23. The zero-order valence-corrected chi connectivity index (χ0v) is 11.8. The number of benzene rings is 1. The number of nitrogens with one attached hydrogen (secondary N) is 2. The third kappa shape index (κ3) is 2.92. The molecule has 0 spiro atoms. The summed E-state index contributed by atoms with van der Waals surface area (Å²) in [7, 11) is 0. The van der Waals surface area contributed by atoms with E-state index in [0.29, 0.717) is 5.56 Å². The van der Waals surface area contributed by atoms with E-state index in [1.54, 1.807) is 19.9 Å². The van der Waals surface area contributed by atoms with Gasteiger partial charge in [-0.25, -0.2) is 0 Å². The summed E-state index contributed by atoms with van der Waals surface area (Å²) in [6.45, 7) is 4.23. The van der Waals surface area contributed by atoms with Crippen LogP contribution in [0.1, 0.15) is 36.2 Å². The van der Waals surface area contributed by atoms with Crippen molar-refractivity contribution in [1.29, 1.82) is 0 Å². The summed E-state index contributed by atoms with van der Waals surface area (Å²) in [4.78, 5) is 23.3. The van der Waals surface area contributed by atoms with E-state index >= 15 is 0 Å². The lowest BCUT2D eigenvalue weighted by atomic mass is 9.96. The first-order valence-electron chi connectivity index (χ1n) is 6.90. The van der Waals surface area contributed by atoms with E-state index in [1.807, 2.05) is 12.1 Å². The minimum atomic E-state index is -0.908. The average Bonchev–Trinajstić information content (AvgIpc) is 2.45. The van der Waals surface area contributed by atoms with Crippen LogP contribution >= 0.6 is 0 Å². The molecular formula is C15H20N2O3. The van der Waals surface area contributed by atoms with Gasteiger partial charge in [0.05, 0.1) is 5.92 Å². The van der Waals surface area contributed by atoms with Crippen LogP contribution in [0.3, 0.4) is 0 Å². The fourth-order valence-electron chi connectivity index (χ4n) is 2.35. The molecule has 0 saturated carbocycles. The first-order chi connectivity index (χ1) is 9.50. The Bertz CT molecular complexity index is 528. The molecule has 108 valence electrons. The molecule has 2 unspecified atom stereocenters. The number of amides is 1. The maximum atomic E-state index is 12.3. The number of carbonyl (C=O) groups is 2. The summed E-state index contributed by atoms with van der Waals surface area (Å²) in [5.74, 6) is -1.72. The molecule has 1 aromatic carbocycles. The third-order valence-corrected chi connectivity index (χ3v) is 3.84. The first kappa shape index (κ1) is 14.4. The minimum Gasteiger partial charge on any atom is -0.481 e. The molecule has 0 fully saturated rings. The summed E-state index contributed by atoms with van der Waals surface area (Å²) in [6, 6.07) is 5.19. The van der Waals surface area contributed by atoms with E-state index in [-0.39, 0.29) is 5.91 Å². The van der Waals surface area contributed by atoms with Gasteiger partial charge in [0.1, 0.15) is 0 Å². The SMILES string of the molecule is CC(NC(=O)c1cccc2c1CCCN2)C(C)C(=O)O. The van der Waals surface area contributed by atoms with Gasteiger partial charge in [-0.1, -0.05) is 6.07 Å². The lowest BCUT2D eigenvalue weighted by Crippen LogP contribution is -2.40. The first-order valence-corrected chi connectivity index (χ1v) is 6.90. The molecule has 0 radical (unpaired) electrons. The van der Waals surface area contributed by atoms with E-state index in [9.17, 15) is 9.59 Å². The molecule has 0 bridgehead atoms. The Hall–Kier alpha value is -2.04. The van der Waals surface area contributed by atoms with Gasteiger partial charge in [-0.15, -0.1) is 0 Å². The number of fused-ring (bicyclic) bond motifs is 1. The van der Waals surface area contributed by atoms with Crippen LogP contribution in [0.15, 0.2) is 18.2 Å². The smallest absolute Gasteiger partial charge is 0.308 e. The van der Waals surface area contributed by atoms with Crippen LogP contribution in [-0.2, 0) is 11.2 Å². The fraction of sp³-hybridized carbons (Fsp3) is 0.467. The topological polar surface area (TPSA) is 78.4 Å². The highest BCUT2D eigenvalue weighted by Crippen LogP contribution is 2.25. The van der Waals surface area contributed by atoms with Gasteiger partial charge in [-0.05, 0) is 44.4 Å². The van der Waals surface area contributed by atoms with Crippen LogP contribution in [0.25, 0.3) is 0 Å². The normalized spacial score (nSPS) is 16.5. The van der Waals surface area contributed by atoms with Gasteiger partial charge in [-0.3, -0.25) is 9.59 Å². The predicted octanol–water partition coefficient (Wildman–Crippen LogP) is 1.88. The van der Waals surface area contributed by atoms with Gasteiger partial charge in [0.15, 0.2) is 0 Å². The maximum Gasteiger partial charge on any atom is 0.308 e. The summed E-state index contributed by atoms with van der Waals surface area (Å²) in [5, 5.41) is 15.0. The van der Waals surface area contributed by atoms with Crippen molar-refractivity contribution in [2.75, 3.05) is 11.9 Å². The van der Waals surface area contributed by atoms with E-state index < -0.39 is 17.9 Å². The van der Waals surface area contributed by atoms with E-state index in [4.69, 9.17) is 5.11 Å². The number of aliphatic carboxylic acids is 1. The molecular weight excluding hydrogens is 256 g/mol. The highest BCUT2D eigenvalue weighted by atomic mass is 16.4. The van der Waals surface area contributed by atoms with Gasteiger partial charge in [0, 0.05) is 23.8 Å². The molecule has 5 heteroatoms. The summed E-state index contributed by atoms with van der Waals surface area (Å²) >= 11 is 0. The van der Waals surface area contributed by atoms with Crippen LogP contribution in [0.2, 0.25) is 0 Å². The lowest BCUT2D eigenvalue weighted by Gasteiger charge is -2.22. The number of hydrogen-bond donors (Lipinski definition) is 3. The van der Waals surface area contributed by atoms with Crippen molar-refractivity contribution in [3.8, 4) is 0 Å². The van der Waals surface area contributed by atoms with Gasteiger partial charge >= 0.3 is 5.97 Å². The number of carbonyl (C=O) groups excluding carboxylic acids is 1. The average molecular weight is 276 g/mol. The molecule has 20 heavy (non-hydrogen) atoms. The summed E-state index contributed by atoms with van der Waals surface area (Å²) in [5.41, 5.74) is 2.66. The molecule has 1 amide bonds. The number of anilines is 1. The quantitative estimate of drug-likeness (QED) is 0.784. The zero-order chi connectivity index (χ0) is 14.7. The molecule has 5 nitrogen and oxygen atoms in total. The molecule has 0 aromatic heterocycles. The van der Waals surface area contributed by atoms with Crippen molar-refractivity contribution >= 4 is 17.6 Å². The van der Waals surface area contributed by atoms with E-state index in [2.05, 4.69) is 10.6 Å². The van der Waals surface area contributed by atoms with E-state index in [0.717, 1.165) is 30.6 Å². The molecule has 2 rings (SSSR count). The molecule has 2 atom stereocenters. The van der Waals surface area contributed by atoms with Crippen molar-refractivity contribution in [3.05, 3.63) is 29.3 Å². The number of carboxylic acid groups (broad SMARTS) is 1. The Morgan fingerprint density at radius 1 is 1.35 bits per heavy atom. The number of hydrogen-bond acceptors (Lipinski definition) is 3. The Morgan fingerprint density at radius 3 is 2.80 bits per heavy atom. The fourth-order valence-corrected chi connectivity index (χ4v) is 2.35. The van der Waals surface area contributed by atoms with Crippen molar-refractivity contribution in [1.82, 2.24) is 5.32 Å². The standard InChI is InChI=1S/C15H20N2O3/c1-9(15(19)20)10(2)17-14(18)12-5-3-7-13-11(12)6-4-8-16-13/h3,5,7,9-10,16H,4,6,8H2,1-2H3,(H,17,18)(H,19,20). The Labute approximate surface area is 118 Å². The zero-order valence-electron chi connectivity index (χ0n) is 11.8. The largest absolute Gasteiger partial charge is 0.481 e. The van der Waals surface area contributed by atoms with Crippen LogP contribution in [0.5, 0.6) is 0 Å². The third-order valence-electron chi connectivity index (χ3n) is 3.84. The maximum absolute atomic E-state index is 12.3. The van der Waals surface area contributed by atoms with Crippen molar-refractivity contribution in [2.45, 2.75) is 32.7 Å². The van der Waals surface area contributed by atoms with Crippen LogP contribution in [0, 0.1) is 5.92 Å². The van der Waals surface area contributed by atoms with Gasteiger partial charge in [-0.2, -0.15) is 0 Å². The summed E-state index contributed by atoms with van der Waals surface area (Å²) < 4.78 is 0. The molecule has 0 aliphatic carbocycles. The molecule has 1 aromatic rings. The second kappa shape index (κ2) is 5.94. The Morgan fingerprint density at radius 2 is 2.10 bits per heavy atom. The minimum absolute atomic E-state index is 0.203. The van der Waals surface area contributed by atoms with Crippen molar-refractivity contribution in [3.63, 3.8) is 0 Å².